The number of hydrogen-bond acceptors (Lipinski definition) is 5. The van der Waals surface area contributed by atoms with E-state index in [4.69, 9.17) is 9.47 Å². The van der Waals surface area contributed by atoms with Crippen LogP contribution in [0.1, 0.15) is 40.7 Å². The highest BCUT2D eigenvalue weighted by Crippen LogP contribution is 2.29. The van der Waals surface area contributed by atoms with E-state index in [0.29, 0.717) is 23.7 Å². The van der Waals surface area contributed by atoms with Gasteiger partial charge < -0.3 is 19.7 Å². The van der Waals surface area contributed by atoms with Crippen LogP contribution in [0.5, 0.6) is 11.5 Å². The Morgan fingerprint density at radius 3 is 2.52 bits per heavy atom. The van der Waals surface area contributed by atoms with Crippen LogP contribution < -0.4 is 14.8 Å². The van der Waals surface area contributed by atoms with Crippen LogP contribution in [0.15, 0.2) is 36.4 Å². The molecule has 7 heteroatoms. The number of benzene rings is 1. The second-order valence-corrected chi connectivity index (χ2v) is 6.01. The van der Waals surface area contributed by atoms with Crippen molar-refractivity contribution in [3.8, 4) is 11.5 Å². The molecule has 2 amide bonds. The van der Waals surface area contributed by atoms with Gasteiger partial charge in [0.05, 0.1) is 19.9 Å². The number of rotatable bonds is 8. The molecule has 0 saturated carbocycles. The van der Waals surface area contributed by atoms with Crippen LogP contribution in [0.4, 0.5) is 5.69 Å². The predicted octanol–water partition coefficient (Wildman–Crippen LogP) is 3.22. The fraction of sp³-hybridized carbons (Fsp3) is 0.350. The third-order valence-corrected chi connectivity index (χ3v) is 4.05. The number of pyridine rings is 1. The summed E-state index contributed by atoms with van der Waals surface area (Å²) >= 11 is 0. The summed E-state index contributed by atoms with van der Waals surface area (Å²) in [6.07, 6.45) is 1.91. The first-order valence-electron chi connectivity index (χ1n) is 8.76. The number of carbonyl (C=O) groups excluding carboxylic acids is 2. The van der Waals surface area contributed by atoms with Gasteiger partial charge in [-0.3, -0.25) is 9.59 Å². The van der Waals surface area contributed by atoms with Gasteiger partial charge in [-0.1, -0.05) is 19.4 Å². The molecule has 0 atom stereocenters. The molecule has 144 valence electrons. The summed E-state index contributed by atoms with van der Waals surface area (Å²) in [6.45, 7) is 2.71. The first kappa shape index (κ1) is 20.2. The van der Waals surface area contributed by atoms with Gasteiger partial charge >= 0.3 is 0 Å². The van der Waals surface area contributed by atoms with Crippen LogP contribution in [0.3, 0.4) is 0 Å². The molecule has 0 radical (unpaired) electrons. The zero-order chi connectivity index (χ0) is 19.8. The Balaban J connectivity index is 2.19. The van der Waals surface area contributed by atoms with Crippen molar-refractivity contribution < 1.29 is 19.1 Å². The predicted molar refractivity (Wildman–Crippen MR) is 104 cm³/mol. The standard InChI is InChI=1S/C20H25N3O4/c1-5-6-12-23(2)20(25)16-9-7-8-15(21-16)19(24)22-17-13-14(26-3)10-11-18(17)27-4/h7-11,13H,5-6,12H2,1-4H3,(H,22,24). The molecule has 1 heterocycles. The summed E-state index contributed by atoms with van der Waals surface area (Å²) in [5, 5.41) is 2.75. The van der Waals surface area contributed by atoms with E-state index in [0.717, 1.165) is 12.8 Å². The Hall–Kier alpha value is -3.09. The van der Waals surface area contributed by atoms with Crippen molar-refractivity contribution in [3.63, 3.8) is 0 Å². The minimum atomic E-state index is -0.438. The van der Waals surface area contributed by atoms with Crippen molar-refractivity contribution in [1.29, 1.82) is 0 Å². The van der Waals surface area contributed by atoms with Crippen molar-refractivity contribution in [3.05, 3.63) is 47.8 Å². The molecular formula is C20H25N3O4. The number of nitrogens with one attached hydrogen (secondary N) is 1. The van der Waals surface area contributed by atoms with Gasteiger partial charge in [0.25, 0.3) is 11.8 Å². The number of methoxy groups -OCH3 is 2. The zero-order valence-corrected chi connectivity index (χ0v) is 16.1. The molecule has 2 rings (SSSR count). The number of ether oxygens (including phenoxy) is 2. The van der Waals surface area contributed by atoms with Crippen LogP contribution in [-0.4, -0.2) is 49.5 Å². The Labute approximate surface area is 159 Å². The lowest BCUT2D eigenvalue weighted by Crippen LogP contribution is -2.29. The molecule has 0 saturated heterocycles. The maximum absolute atomic E-state index is 12.6. The largest absolute Gasteiger partial charge is 0.497 e. The van der Waals surface area contributed by atoms with E-state index < -0.39 is 5.91 Å². The van der Waals surface area contributed by atoms with Crippen molar-refractivity contribution in [2.24, 2.45) is 0 Å². The van der Waals surface area contributed by atoms with E-state index in [1.807, 2.05) is 0 Å². The summed E-state index contributed by atoms with van der Waals surface area (Å²) in [5.74, 6) is 0.431. The number of aromatic nitrogens is 1. The van der Waals surface area contributed by atoms with Gasteiger partial charge in [-0.25, -0.2) is 4.98 Å². The highest BCUT2D eigenvalue weighted by molar-refractivity contribution is 6.04. The van der Waals surface area contributed by atoms with E-state index in [2.05, 4.69) is 17.2 Å². The SMILES string of the molecule is CCCCN(C)C(=O)c1cccc(C(=O)Nc2cc(OC)ccc2OC)n1. The van der Waals surface area contributed by atoms with Crippen molar-refractivity contribution >= 4 is 17.5 Å². The molecule has 1 N–H and O–H groups in total. The van der Waals surface area contributed by atoms with Crippen molar-refractivity contribution in [1.82, 2.24) is 9.88 Å². The third kappa shape index (κ3) is 5.20. The Morgan fingerprint density at radius 1 is 1.11 bits per heavy atom. The van der Waals surface area contributed by atoms with Crippen LogP contribution in [-0.2, 0) is 0 Å². The number of carbonyl (C=O) groups is 2. The Bertz CT molecular complexity index is 808. The molecule has 1 aromatic heterocycles. The summed E-state index contributed by atoms with van der Waals surface area (Å²) < 4.78 is 10.4. The second-order valence-electron chi connectivity index (χ2n) is 6.01. The molecule has 0 aliphatic carbocycles. The van der Waals surface area contributed by atoms with Crippen molar-refractivity contribution in [2.45, 2.75) is 19.8 Å². The van der Waals surface area contributed by atoms with E-state index in [1.54, 1.807) is 55.5 Å². The van der Waals surface area contributed by atoms with Crippen LogP contribution >= 0.6 is 0 Å². The van der Waals surface area contributed by atoms with E-state index in [1.165, 1.54) is 7.11 Å². The highest BCUT2D eigenvalue weighted by Gasteiger charge is 2.17. The fourth-order valence-corrected chi connectivity index (χ4v) is 2.47. The fourth-order valence-electron chi connectivity index (χ4n) is 2.47. The maximum Gasteiger partial charge on any atom is 0.274 e. The maximum atomic E-state index is 12.6. The Kier molecular flexibility index (Phi) is 7.16. The lowest BCUT2D eigenvalue weighted by atomic mass is 10.2. The first-order chi connectivity index (χ1) is 13.0. The number of anilines is 1. The van der Waals surface area contributed by atoms with Gasteiger partial charge in [0, 0.05) is 19.7 Å². The topological polar surface area (TPSA) is 80.8 Å². The summed E-state index contributed by atoms with van der Waals surface area (Å²) in [4.78, 5) is 30.9. The molecule has 7 nitrogen and oxygen atoms in total. The van der Waals surface area contributed by atoms with E-state index in [-0.39, 0.29) is 17.3 Å². The van der Waals surface area contributed by atoms with Crippen LogP contribution in [0.25, 0.3) is 0 Å². The van der Waals surface area contributed by atoms with Crippen LogP contribution in [0.2, 0.25) is 0 Å². The molecular weight excluding hydrogens is 346 g/mol. The minimum Gasteiger partial charge on any atom is -0.497 e. The van der Waals surface area contributed by atoms with Crippen LogP contribution in [0, 0.1) is 0 Å². The number of unbranched alkanes of at least 4 members (excludes halogenated alkanes) is 1. The highest BCUT2D eigenvalue weighted by atomic mass is 16.5. The van der Waals surface area contributed by atoms with Crippen molar-refractivity contribution in [2.75, 3.05) is 33.1 Å². The lowest BCUT2D eigenvalue weighted by Gasteiger charge is -2.16. The number of nitrogens with zero attached hydrogens (tertiary/aromatic N) is 2. The molecule has 0 bridgehead atoms. The molecule has 0 fully saturated rings. The van der Waals surface area contributed by atoms with E-state index >= 15 is 0 Å². The summed E-state index contributed by atoms with van der Waals surface area (Å²) in [7, 11) is 4.79. The number of amides is 2. The molecule has 0 aliphatic heterocycles. The third-order valence-electron chi connectivity index (χ3n) is 4.05. The number of hydrogen-bond donors (Lipinski definition) is 1. The smallest absolute Gasteiger partial charge is 0.274 e. The average Bonchev–Trinajstić information content (AvgIpc) is 2.71. The molecule has 27 heavy (non-hydrogen) atoms. The second kappa shape index (κ2) is 9.56. The normalized spacial score (nSPS) is 10.2. The zero-order valence-electron chi connectivity index (χ0n) is 16.1. The Morgan fingerprint density at radius 2 is 1.85 bits per heavy atom. The summed E-state index contributed by atoms with van der Waals surface area (Å²) in [5.41, 5.74) is 0.842. The molecule has 2 aromatic rings. The molecule has 0 spiro atoms. The molecule has 1 aromatic carbocycles. The van der Waals surface area contributed by atoms with E-state index in [9.17, 15) is 9.59 Å². The van der Waals surface area contributed by atoms with Gasteiger partial charge in [-0.05, 0) is 30.7 Å². The quantitative estimate of drug-likeness (QED) is 0.771. The van der Waals surface area contributed by atoms with Gasteiger partial charge in [-0.15, -0.1) is 0 Å². The summed E-state index contributed by atoms with van der Waals surface area (Å²) in [6, 6.07) is 9.90. The average molecular weight is 371 g/mol. The molecule has 0 aliphatic rings. The van der Waals surface area contributed by atoms with Gasteiger partial charge in [-0.2, -0.15) is 0 Å². The van der Waals surface area contributed by atoms with Gasteiger partial charge in [0.15, 0.2) is 0 Å². The first-order valence-corrected chi connectivity index (χ1v) is 8.76. The molecule has 0 unspecified atom stereocenters. The van der Waals surface area contributed by atoms with Gasteiger partial charge in [0.1, 0.15) is 22.9 Å². The lowest BCUT2D eigenvalue weighted by molar-refractivity contribution is 0.0787. The minimum absolute atomic E-state index is 0.148. The van der Waals surface area contributed by atoms with Gasteiger partial charge in [0.2, 0.25) is 0 Å². The monoisotopic (exact) mass is 371 g/mol.